The van der Waals surface area contributed by atoms with Gasteiger partial charge in [-0.15, -0.1) is 0 Å². The molecule has 0 saturated carbocycles. The number of nitrogens with two attached hydrogens (primary N) is 1. The van der Waals surface area contributed by atoms with Crippen molar-refractivity contribution >= 4 is 21.8 Å². The van der Waals surface area contributed by atoms with Gasteiger partial charge in [0.15, 0.2) is 0 Å². The Morgan fingerprint density at radius 2 is 1.83 bits per heavy atom. The number of likely N-dealkylation sites (tertiary alicyclic amines) is 1. The van der Waals surface area contributed by atoms with Gasteiger partial charge in [-0.05, 0) is 19.8 Å². The first-order valence-electron chi connectivity index (χ1n) is 5.76. The number of nitrogens with zero attached hydrogens (tertiary/aromatic N) is 1. The van der Waals surface area contributed by atoms with Gasteiger partial charge >= 0.3 is 0 Å². The number of carbonyl (C=O) groups is 2. The molecular weight excluding hydrogens is 258 g/mol. The van der Waals surface area contributed by atoms with Gasteiger partial charge in [0.25, 0.3) is 0 Å². The highest BCUT2D eigenvalue weighted by Gasteiger charge is 2.29. The van der Waals surface area contributed by atoms with Gasteiger partial charge in [0, 0.05) is 19.1 Å². The second-order valence-corrected chi connectivity index (χ2v) is 6.39. The Hall–Kier alpha value is -1.15. The number of sulfonamides is 1. The Morgan fingerprint density at radius 3 is 2.22 bits per heavy atom. The maximum atomic E-state index is 11.8. The molecule has 0 spiro atoms. The monoisotopic (exact) mass is 277 g/mol. The summed E-state index contributed by atoms with van der Waals surface area (Å²) in [5.41, 5.74) is 5.08. The molecule has 18 heavy (non-hydrogen) atoms. The highest BCUT2D eigenvalue weighted by atomic mass is 32.2. The number of primary amides is 1. The van der Waals surface area contributed by atoms with Gasteiger partial charge in [0.2, 0.25) is 21.8 Å². The molecule has 1 rings (SSSR count). The smallest absolute Gasteiger partial charge is 0.234 e. The summed E-state index contributed by atoms with van der Waals surface area (Å²) >= 11 is 0. The normalized spacial score (nSPS) is 19.6. The van der Waals surface area contributed by atoms with E-state index in [1.807, 2.05) is 0 Å². The van der Waals surface area contributed by atoms with E-state index in [4.69, 9.17) is 5.73 Å². The molecular formula is C10H19N3O4S. The predicted octanol–water partition coefficient (Wildman–Crippen LogP) is -1.35. The minimum atomic E-state index is -3.22. The summed E-state index contributed by atoms with van der Waals surface area (Å²) in [7, 11) is -3.22. The number of amides is 2. The second kappa shape index (κ2) is 5.66. The van der Waals surface area contributed by atoms with Crippen molar-refractivity contribution in [3.63, 3.8) is 0 Å². The molecule has 8 heteroatoms. The molecule has 0 aromatic rings. The number of carbonyl (C=O) groups excluding carboxylic acids is 2. The summed E-state index contributed by atoms with van der Waals surface area (Å²) < 4.78 is 24.6. The second-order valence-electron chi connectivity index (χ2n) is 4.61. The van der Waals surface area contributed by atoms with Crippen LogP contribution in [-0.2, 0) is 19.6 Å². The third-order valence-corrected chi connectivity index (χ3v) is 3.75. The predicted molar refractivity (Wildman–Crippen MR) is 65.9 cm³/mol. The summed E-state index contributed by atoms with van der Waals surface area (Å²) in [6.45, 7) is 2.35. The van der Waals surface area contributed by atoms with Crippen LogP contribution < -0.4 is 10.5 Å². The quantitative estimate of drug-likeness (QED) is 0.619. The van der Waals surface area contributed by atoms with E-state index in [0.717, 1.165) is 6.26 Å². The fourth-order valence-electron chi connectivity index (χ4n) is 1.92. The summed E-state index contributed by atoms with van der Waals surface area (Å²) in [6.07, 6.45) is 2.20. The van der Waals surface area contributed by atoms with Gasteiger partial charge in [0.05, 0.1) is 6.26 Å². The number of rotatable bonds is 4. The van der Waals surface area contributed by atoms with Crippen LogP contribution in [0, 0.1) is 5.92 Å². The first-order valence-corrected chi connectivity index (χ1v) is 7.65. The average Bonchev–Trinajstić information content (AvgIpc) is 2.26. The number of piperidine rings is 1. The van der Waals surface area contributed by atoms with Crippen LogP contribution >= 0.6 is 0 Å². The first kappa shape index (κ1) is 14.9. The summed E-state index contributed by atoms with van der Waals surface area (Å²) in [4.78, 5) is 24.3. The molecule has 7 nitrogen and oxygen atoms in total. The van der Waals surface area contributed by atoms with Crippen molar-refractivity contribution in [3.05, 3.63) is 0 Å². The number of nitrogens with one attached hydrogen (secondary N) is 1. The van der Waals surface area contributed by atoms with E-state index in [1.54, 1.807) is 4.90 Å². The van der Waals surface area contributed by atoms with Crippen LogP contribution in [0.1, 0.15) is 19.8 Å². The lowest BCUT2D eigenvalue weighted by atomic mass is 10.0. The standard InChI is InChI=1S/C10H19N3O4S/c1-7(9(11)14)10(15)13-5-3-8(4-6-13)12-18(2,16)17/h7-8,12H,3-6H2,1-2H3,(H2,11,14). The topological polar surface area (TPSA) is 110 Å². The van der Waals surface area contributed by atoms with Crippen LogP contribution in [-0.4, -0.2) is 50.5 Å². The Bertz CT molecular complexity index is 426. The van der Waals surface area contributed by atoms with Gasteiger partial charge in [-0.25, -0.2) is 13.1 Å². The molecule has 1 heterocycles. The van der Waals surface area contributed by atoms with E-state index in [-0.39, 0.29) is 11.9 Å². The molecule has 3 N–H and O–H groups in total. The lowest BCUT2D eigenvalue weighted by Gasteiger charge is -2.33. The maximum Gasteiger partial charge on any atom is 0.234 e. The molecule has 1 atom stereocenters. The van der Waals surface area contributed by atoms with E-state index in [2.05, 4.69) is 4.72 Å². The van der Waals surface area contributed by atoms with Crippen molar-refractivity contribution in [2.24, 2.45) is 11.7 Å². The zero-order valence-corrected chi connectivity index (χ0v) is 11.4. The fourth-order valence-corrected chi connectivity index (χ4v) is 2.76. The Balaban J connectivity index is 2.49. The Kier molecular flexibility index (Phi) is 4.69. The summed E-state index contributed by atoms with van der Waals surface area (Å²) in [5.74, 6) is -1.76. The zero-order valence-electron chi connectivity index (χ0n) is 10.5. The van der Waals surface area contributed by atoms with E-state index in [0.29, 0.717) is 25.9 Å². The molecule has 0 aromatic heterocycles. The van der Waals surface area contributed by atoms with Crippen molar-refractivity contribution < 1.29 is 18.0 Å². The highest BCUT2D eigenvalue weighted by Crippen LogP contribution is 2.13. The molecule has 1 fully saturated rings. The minimum absolute atomic E-state index is 0.145. The van der Waals surface area contributed by atoms with Crippen molar-refractivity contribution in [3.8, 4) is 0 Å². The summed E-state index contributed by atoms with van der Waals surface area (Å²) in [5, 5.41) is 0. The Morgan fingerprint density at radius 1 is 1.33 bits per heavy atom. The Labute approximate surface area is 107 Å². The lowest BCUT2D eigenvalue weighted by molar-refractivity contribution is -0.141. The van der Waals surface area contributed by atoms with Gasteiger partial charge in [0.1, 0.15) is 5.92 Å². The highest BCUT2D eigenvalue weighted by molar-refractivity contribution is 7.88. The van der Waals surface area contributed by atoms with Gasteiger partial charge in [-0.1, -0.05) is 0 Å². The van der Waals surface area contributed by atoms with Crippen LogP contribution in [0.4, 0.5) is 0 Å². The van der Waals surface area contributed by atoms with E-state index < -0.39 is 21.8 Å². The number of hydrogen-bond acceptors (Lipinski definition) is 4. The van der Waals surface area contributed by atoms with Gasteiger partial charge in [-0.2, -0.15) is 0 Å². The maximum absolute atomic E-state index is 11.8. The minimum Gasteiger partial charge on any atom is -0.369 e. The largest absolute Gasteiger partial charge is 0.369 e. The molecule has 0 bridgehead atoms. The lowest BCUT2D eigenvalue weighted by Crippen LogP contribution is -2.49. The van der Waals surface area contributed by atoms with Gasteiger partial charge in [-0.3, -0.25) is 9.59 Å². The van der Waals surface area contributed by atoms with Gasteiger partial charge < -0.3 is 10.6 Å². The third kappa shape index (κ3) is 4.26. The molecule has 0 radical (unpaired) electrons. The molecule has 2 amide bonds. The molecule has 0 aliphatic carbocycles. The molecule has 1 aliphatic rings. The number of hydrogen-bond donors (Lipinski definition) is 2. The molecule has 0 aromatic carbocycles. The van der Waals surface area contributed by atoms with Crippen LogP contribution in [0.25, 0.3) is 0 Å². The SMILES string of the molecule is CC(C(N)=O)C(=O)N1CCC(NS(C)(=O)=O)CC1. The molecule has 1 saturated heterocycles. The molecule has 104 valence electrons. The van der Waals surface area contributed by atoms with E-state index in [1.165, 1.54) is 6.92 Å². The fraction of sp³-hybridized carbons (Fsp3) is 0.800. The first-order chi connectivity index (χ1) is 8.20. The van der Waals surface area contributed by atoms with Crippen molar-refractivity contribution in [2.75, 3.05) is 19.3 Å². The van der Waals surface area contributed by atoms with Crippen molar-refractivity contribution in [1.29, 1.82) is 0 Å². The van der Waals surface area contributed by atoms with Crippen molar-refractivity contribution in [2.45, 2.75) is 25.8 Å². The van der Waals surface area contributed by atoms with Crippen molar-refractivity contribution in [1.82, 2.24) is 9.62 Å². The van der Waals surface area contributed by atoms with Crippen LogP contribution in [0.2, 0.25) is 0 Å². The molecule has 1 unspecified atom stereocenters. The van der Waals surface area contributed by atoms with E-state index in [9.17, 15) is 18.0 Å². The molecule has 1 aliphatic heterocycles. The van der Waals surface area contributed by atoms with E-state index >= 15 is 0 Å². The van der Waals surface area contributed by atoms with Crippen LogP contribution in [0.3, 0.4) is 0 Å². The zero-order chi connectivity index (χ0) is 13.9. The average molecular weight is 277 g/mol. The third-order valence-electron chi connectivity index (χ3n) is 2.98. The summed E-state index contributed by atoms with van der Waals surface area (Å²) in [6, 6.07) is -0.145. The van der Waals surface area contributed by atoms with Crippen LogP contribution in [0.5, 0.6) is 0 Å². The van der Waals surface area contributed by atoms with Crippen LogP contribution in [0.15, 0.2) is 0 Å².